The molecule has 0 fully saturated rings. The maximum absolute atomic E-state index is 11.6. The molecule has 0 bridgehead atoms. The summed E-state index contributed by atoms with van der Waals surface area (Å²) < 4.78 is 0.560. The van der Waals surface area contributed by atoms with E-state index in [4.69, 9.17) is 5.73 Å². The Morgan fingerprint density at radius 1 is 1.44 bits per heavy atom. The Morgan fingerprint density at radius 2 is 2.17 bits per heavy atom. The summed E-state index contributed by atoms with van der Waals surface area (Å²) in [6.07, 6.45) is 1.40. The molecule has 5 nitrogen and oxygen atoms in total. The molecule has 0 radical (unpaired) electrons. The molecule has 0 spiro atoms. The average Bonchev–Trinajstić information content (AvgIpc) is 2.41. The van der Waals surface area contributed by atoms with Crippen molar-refractivity contribution in [2.75, 3.05) is 11.9 Å². The first-order valence-corrected chi connectivity index (χ1v) is 6.48. The molecule has 18 heavy (non-hydrogen) atoms. The predicted octanol–water partition coefficient (Wildman–Crippen LogP) is 1.60. The van der Waals surface area contributed by atoms with Gasteiger partial charge in [0, 0.05) is 19.3 Å². The summed E-state index contributed by atoms with van der Waals surface area (Å²) >= 11 is 1.99. The largest absolute Gasteiger partial charge is 0.328 e. The SMILES string of the molecule is CN(c1ccccc1CN)c1nc[nH]c(=O)c1I. The van der Waals surface area contributed by atoms with Crippen LogP contribution in [0.15, 0.2) is 35.4 Å². The van der Waals surface area contributed by atoms with E-state index in [1.165, 1.54) is 6.33 Å². The van der Waals surface area contributed by atoms with Crippen molar-refractivity contribution in [1.29, 1.82) is 0 Å². The molecule has 6 heteroatoms. The number of anilines is 2. The highest BCUT2D eigenvalue weighted by molar-refractivity contribution is 14.1. The van der Waals surface area contributed by atoms with Gasteiger partial charge in [-0.1, -0.05) is 18.2 Å². The second-order valence-electron chi connectivity index (χ2n) is 3.76. The van der Waals surface area contributed by atoms with Gasteiger partial charge in [0.15, 0.2) is 5.82 Å². The van der Waals surface area contributed by atoms with E-state index < -0.39 is 0 Å². The van der Waals surface area contributed by atoms with Crippen LogP contribution in [0.4, 0.5) is 11.5 Å². The third-order valence-electron chi connectivity index (χ3n) is 2.67. The zero-order valence-electron chi connectivity index (χ0n) is 9.85. The van der Waals surface area contributed by atoms with Crippen molar-refractivity contribution in [3.8, 4) is 0 Å². The molecule has 0 saturated heterocycles. The van der Waals surface area contributed by atoms with E-state index in [0.29, 0.717) is 15.9 Å². The molecular formula is C12H13IN4O. The van der Waals surface area contributed by atoms with Crippen molar-refractivity contribution in [2.45, 2.75) is 6.54 Å². The van der Waals surface area contributed by atoms with Crippen LogP contribution in [0.5, 0.6) is 0 Å². The van der Waals surface area contributed by atoms with E-state index in [1.807, 2.05) is 58.8 Å². The minimum atomic E-state index is -0.141. The lowest BCUT2D eigenvalue weighted by Gasteiger charge is -2.21. The zero-order chi connectivity index (χ0) is 13.1. The monoisotopic (exact) mass is 356 g/mol. The summed E-state index contributed by atoms with van der Waals surface area (Å²) in [5.41, 5.74) is 7.54. The fourth-order valence-corrected chi connectivity index (χ4v) is 2.39. The summed E-state index contributed by atoms with van der Waals surface area (Å²) in [6, 6.07) is 7.80. The predicted molar refractivity (Wildman–Crippen MR) is 80.0 cm³/mol. The molecule has 0 unspecified atom stereocenters. The molecule has 1 aromatic heterocycles. The Labute approximate surface area is 118 Å². The molecule has 0 atom stereocenters. The lowest BCUT2D eigenvalue weighted by molar-refractivity contribution is 1.01. The quantitative estimate of drug-likeness (QED) is 0.820. The highest BCUT2D eigenvalue weighted by Crippen LogP contribution is 2.26. The molecule has 2 rings (SSSR count). The highest BCUT2D eigenvalue weighted by atomic mass is 127. The van der Waals surface area contributed by atoms with Crippen LogP contribution >= 0.6 is 22.6 Å². The van der Waals surface area contributed by atoms with Gasteiger partial charge in [0.25, 0.3) is 5.56 Å². The number of hydrogen-bond donors (Lipinski definition) is 2. The van der Waals surface area contributed by atoms with E-state index in [-0.39, 0.29) is 5.56 Å². The topological polar surface area (TPSA) is 75.0 Å². The standard InChI is InChI=1S/C12H13IN4O/c1-17(9-5-3-2-4-8(9)6-14)11-10(13)12(18)16-7-15-11/h2-5,7H,6,14H2,1H3,(H,15,16,18). The summed E-state index contributed by atoms with van der Waals surface area (Å²) in [6.45, 7) is 0.445. The number of nitrogens with two attached hydrogens (primary N) is 1. The van der Waals surface area contributed by atoms with Gasteiger partial charge < -0.3 is 15.6 Å². The number of aromatic amines is 1. The second kappa shape index (κ2) is 5.49. The van der Waals surface area contributed by atoms with Gasteiger partial charge in [-0.15, -0.1) is 0 Å². The molecule has 0 aliphatic heterocycles. The molecule has 94 valence electrons. The summed E-state index contributed by atoms with van der Waals surface area (Å²) in [5, 5.41) is 0. The van der Waals surface area contributed by atoms with E-state index in [9.17, 15) is 4.79 Å². The first kappa shape index (κ1) is 13.0. The molecule has 0 aliphatic rings. The van der Waals surface area contributed by atoms with Crippen LogP contribution in [-0.2, 0) is 6.54 Å². The minimum absolute atomic E-state index is 0.141. The van der Waals surface area contributed by atoms with Gasteiger partial charge in [-0.2, -0.15) is 0 Å². The number of nitrogens with one attached hydrogen (secondary N) is 1. The molecule has 1 aromatic carbocycles. The molecule has 0 aliphatic carbocycles. The van der Waals surface area contributed by atoms with E-state index in [0.717, 1.165) is 11.3 Å². The average molecular weight is 356 g/mol. The first-order chi connectivity index (χ1) is 8.65. The molecule has 1 heterocycles. The fraction of sp³-hybridized carbons (Fsp3) is 0.167. The third-order valence-corrected chi connectivity index (χ3v) is 3.64. The number of para-hydroxylation sites is 1. The fourth-order valence-electron chi connectivity index (χ4n) is 1.73. The number of halogens is 1. The zero-order valence-corrected chi connectivity index (χ0v) is 12.0. The lowest BCUT2D eigenvalue weighted by atomic mass is 10.1. The van der Waals surface area contributed by atoms with Crippen molar-refractivity contribution >= 4 is 34.1 Å². The maximum Gasteiger partial charge on any atom is 0.266 e. The summed E-state index contributed by atoms with van der Waals surface area (Å²) in [7, 11) is 1.87. The van der Waals surface area contributed by atoms with Crippen molar-refractivity contribution in [3.05, 3.63) is 50.1 Å². The number of rotatable bonds is 3. The smallest absolute Gasteiger partial charge is 0.266 e. The van der Waals surface area contributed by atoms with E-state index in [1.54, 1.807) is 0 Å². The lowest BCUT2D eigenvalue weighted by Crippen LogP contribution is -2.21. The van der Waals surface area contributed by atoms with Gasteiger partial charge in [-0.25, -0.2) is 4.98 Å². The molecule has 0 saturated carbocycles. The van der Waals surface area contributed by atoms with Crippen LogP contribution in [0.25, 0.3) is 0 Å². The first-order valence-electron chi connectivity index (χ1n) is 5.40. The van der Waals surface area contributed by atoms with Crippen LogP contribution < -0.4 is 16.2 Å². The van der Waals surface area contributed by atoms with E-state index in [2.05, 4.69) is 9.97 Å². The molecular weight excluding hydrogens is 343 g/mol. The highest BCUT2D eigenvalue weighted by Gasteiger charge is 2.13. The van der Waals surface area contributed by atoms with E-state index >= 15 is 0 Å². The summed E-state index contributed by atoms with van der Waals surface area (Å²) in [5.74, 6) is 0.625. The Hall–Kier alpha value is -1.41. The normalized spacial score (nSPS) is 10.4. The van der Waals surface area contributed by atoms with Gasteiger partial charge in [0.05, 0.1) is 6.33 Å². The van der Waals surface area contributed by atoms with Crippen LogP contribution in [0.1, 0.15) is 5.56 Å². The Bertz CT molecular complexity index is 611. The number of H-pyrrole nitrogens is 1. The van der Waals surface area contributed by atoms with Crippen LogP contribution in [0.2, 0.25) is 0 Å². The van der Waals surface area contributed by atoms with Crippen molar-refractivity contribution in [2.24, 2.45) is 5.73 Å². The van der Waals surface area contributed by atoms with Crippen molar-refractivity contribution < 1.29 is 0 Å². The van der Waals surface area contributed by atoms with Crippen LogP contribution in [0.3, 0.4) is 0 Å². The molecule has 2 aromatic rings. The number of benzene rings is 1. The number of aromatic nitrogens is 2. The van der Waals surface area contributed by atoms with Crippen molar-refractivity contribution in [1.82, 2.24) is 9.97 Å². The van der Waals surface area contributed by atoms with Crippen molar-refractivity contribution in [3.63, 3.8) is 0 Å². The maximum atomic E-state index is 11.6. The number of hydrogen-bond acceptors (Lipinski definition) is 4. The Morgan fingerprint density at radius 3 is 2.89 bits per heavy atom. The van der Waals surface area contributed by atoms with Gasteiger partial charge in [0.2, 0.25) is 0 Å². The van der Waals surface area contributed by atoms with Gasteiger partial charge in [-0.05, 0) is 34.2 Å². The van der Waals surface area contributed by atoms with Gasteiger partial charge >= 0.3 is 0 Å². The van der Waals surface area contributed by atoms with Crippen LogP contribution in [-0.4, -0.2) is 17.0 Å². The van der Waals surface area contributed by atoms with Gasteiger partial charge in [-0.3, -0.25) is 4.79 Å². The van der Waals surface area contributed by atoms with Crippen LogP contribution in [0, 0.1) is 3.57 Å². The second-order valence-corrected chi connectivity index (χ2v) is 4.84. The molecule has 0 amide bonds. The number of nitrogens with zero attached hydrogens (tertiary/aromatic N) is 2. The molecule has 3 N–H and O–H groups in total. The Balaban J connectivity index is 2.51. The van der Waals surface area contributed by atoms with Gasteiger partial charge in [0.1, 0.15) is 3.57 Å². The Kier molecular flexibility index (Phi) is 3.97. The third kappa shape index (κ3) is 2.39. The minimum Gasteiger partial charge on any atom is -0.328 e. The summed E-state index contributed by atoms with van der Waals surface area (Å²) in [4.78, 5) is 20.2.